The fourth-order valence-electron chi connectivity index (χ4n) is 2.26. The minimum atomic E-state index is -1.93. The lowest BCUT2D eigenvalue weighted by Crippen LogP contribution is -2.43. The highest BCUT2D eigenvalue weighted by Crippen LogP contribution is 2.37. The highest BCUT2D eigenvalue weighted by molar-refractivity contribution is 6.74. The van der Waals surface area contributed by atoms with Crippen LogP contribution in [0.4, 0.5) is 0 Å². The van der Waals surface area contributed by atoms with E-state index >= 15 is 0 Å². The summed E-state index contributed by atoms with van der Waals surface area (Å²) < 4.78 is 11.1. The van der Waals surface area contributed by atoms with E-state index in [4.69, 9.17) is 4.43 Å². The summed E-state index contributed by atoms with van der Waals surface area (Å²) in [6.07, 6.45) is 11.5. The summed E-state index contributed by atoms with van der Waals surface area (Å²) >= 11 is 0. The molecule has 0 saturated carbocycles. The van der Waals surface area contributed by atoms with Crippen LogP contribution in [-0.4, -0.2) is 27.5 Å². The van der Waals surface area contributed by atoms with E-state index in [0.29, 0.717) is 25.7 Å². The quantitative estimate of drug-likeness (QED) is 0.125. The fraction of sp³-hybridized carbons (Fsp3) is 0.667. The van der Waals surface area contributed by atoms with Crippen LogP contribution in [0.5, 0.6) is 0 Å². The second kappa shape index (κ2) is 16.7. The summed E-state index contributed by atoms with van der Waals surface area (Å²) in [5.41, 5.74) is 0. The predicted octanol–water partition coefficient (Wildman–Crippen LogP) is 6.65. The summed E-state index contributed by atoms with van der Waals surface area (Å²) in [5, 5.41) is 0.124. The Labute approximate surface area is 192 Å². The van der Waals surface area contributed by atoms with Gasteiger partial charge in [-0.1, -0.05) is 70.3 Å². The van der Waals surface area contributed by atoms with E-state index in [1.807, 2.05) is 6.08 Å². The molecule has 0 aliphatic carbocycles. The van der Waals surface area contributed by atoms with Crippen LogP contribution in [-0.2, 0) is 14.0 Å². The number of esters is 1. The minimum Gasteiger partial charge on any atom is -0.469 e. The first kappa shape index (κ1) is 29.1. The number of carbonyl (C=O) groups is 1. The average molecular weight is 443 g/mol. The van der Waals surface area contributed by atoms with Gasteiger partial charge in [-0.05, 0) is 37.0 Å². The molecule has 0 rings (SSSR count). The smallest absolute Gasteiger partial charge is 0.305 e. The molecule has 0 fully saturated rings. The Morgan fingerprint density at radius 1 is 1.00 bits per heavy atom. The van der Waals surface area contributed by atoms with Crippen molar-refractivity contribution in [1.29, 1.82) is 0 Å². The summed E-state index contributed by atoms with van der Waals surface area (Å²) in [6, 6.07) is 0. The highest BCUT2D eigenvalue weighted by atomic mass is 28.4. The lowest BCUT2D eigenvalue weighted by molar-refractivity contribution is -0.140. The van der Waals surface area contributed by atoms with E-state index in [9.17, 15) is 4.79 Å². The van der Waals surface area contributed by atoms with E-state index in [0.717, 1.165) is 12.8 Å². The van der Waals surface area contributed by atoms with Crippen molar-refractivity contribution in [2.45, 2.75) is 110 Å². The molecule has 3 nitrogen and oxygen atoms in total. The largest absolute Gasteiger partial charge is 0.469 e. The molecule has 0 spiro atoms. The normalized spacial score (nSPS) is 12.1. The monoisotopic (exact) mass is 442 g/mol. The molecule has 172 valence electrons. The van der Waals surface area contributed by atoms with Gasteiger partial charge in [-0.15, -0.1) is 11.8 Å². The zero-order chi connectivity index (χ0) is 23.6. The number of hydrogen-bond donors (Lipinski definition) is 0. The number of ether oxygens (including phenoxy) is 1. The van der Waals surface area contributed by atoms with E-state index in [1.165, 1.54) is 26.4 Å². The molecule has 0 N–H and O–H groups in total. The molecule has 0 radical (unpaired) electrons. The Morgan fingerprint density at radius 2 is 1.68 bits per heavy atom. The topological polar surface area (TPSA) is 35.5 Å². The van der Waals surface area contributed by atoms with Gasteiger partial charge >= 0.3 is 5.97 Å². The number of allylic oxidation sites excluding steroid dienone is 1. The predicted molar refractivity (Wildman–Crippen MR) is 134 cm³/mol. The first-order valence-electron chi connectivity index (χ1n) is 11.4. The van der Waals surface area contributed by atoms with Crippen molar-refractivity contribution in [2.24, 2.45) is 0 Å². The van der Waals surface area contributed by atoms with Crippen molar-refractivity contribution >= 4 is 14.3 Å². The van der Waals surface area contributed by atoms with Gasteiger partial charge in [-0.3, -0.25) is 4.79 Å². The second-order valence-corrected chi connectivity index (χ2v) is 13.8. The van der Waals surface area contributed by atoms with Gasteiger partial charge in [-0.2, -0.15) is 0 Å². The molecule has 0 aliphatic rings. The molecule has 0 heterocycles. The van der Waals surface area contributed by atoms with Crippen LogP contribution < -0.4 is 0 Å². The van der Waals surface area contributed by atoms with Gasteiger partial charge in [0.15, 0.2) is 8.32 Å². The number of hydrogen-bond acceptors (Lipinski definition) is 3. The van der Waals surface area contributed by atoms with Gasteiger partial charge in [0, 0.05) is 25.7 Å². The summed E-state index contributed by atoms with van der Waals surface area (Å²) in [4.78, 5) is 11.1. The molecule has 4 heteroatoms. The minimum absolute atomic E-state index is 0.124. The van der Waals surface area contributed by atoms with Crippen molar-refractivity contribution in [3.05, 3.63) is 12.2 Å². The van der Waals surface area contributed by atoms with Crippen LogP contribution >= 0.6 is 0 Å². The molecule has 0 aromatic heterocycles. The molecular formula is C27H42O3Si. The summed E-state index contributed by atoms with van der Waals surface area (Å²) in [7, 11) is -0.525. The van der Waals surface area contributed by atoms with Crippen LogP contribution in [0.2, 0.25) is 18.1 Å². The molecule has 0 aliphatic heterocycles. The Morgan fingerprint density at radius 3 is 2.32 bits per heavy atom. The second-order valence-electron chi connectivity index (χ2n) is 9.02. The maximum atomic E-state index is 11.1. The number of methoxy groups -OCH3 is 1. The zero-order valence-corrected chi connectivity index (χ0v) is 21.8. The standard InChI is InChI=1S/C27H42O3Si/c1-8-9-10-11-12-13-16-19-22-25(30-31(6,7)27(2,3)4)23-20-17-14-15-18-21-24-26(28)29-5/h19,22,25H,8-11,16-18,21,24H2,1-7H3/b22-19+/t25-/m1/s1. The van der Waals surface area contributed by atoms with Crippen LogP contribution in [0.3, 0.4) is 0 Å². The molecule has 0 unspecified atom stereocenters. The van der Waals surface area contributed by atoms with Crippen molar-refractivity contribution in [2.75, 3.05) is 7.11 Å². The van der Waals surface area contributed by atoms with E-state index in [-0.39, 0.29) is 17.1 Å². The molecular weight excluding hydrogens is 400 g/mol. The highest BCUT2D eigenvalue weighted by Gasteiger charge is 2.38. The average Bonchev–Trinajstić information content (AvgIpc) is 2.70. The molecule has 0 saturated heterocycles. The van der Waals surface area contributed by atoms with Crippen molar-refractivity contribution in [3.8, 4) is 35.5 Å². The zero-order valence-electron chi connectivity index (χ0n) is 20.8. The summed E-state index contributed by atoms with van der Waals surface area (Å²) in [6.45, 7) is 13.4. The third kappa shape index (κ3) is 15.5. The number of rotatable bonds is 10. The van der Waals surface area contributed by atoms with Gasteiger partial charge in [0.2, 0.25) is 0 Å². The van der Waals surface area contributed by atoms with E-state index in [2.05, 4.69) is 87.1 Å². The number of carbonyl (C=O) groups excluding carboxylic acids is 1. The van der Waals surface area contributed by atoms with Crippen molar-refractivity contribution in [3.63, 3.8) is 0 Å². The molecule has 1 atom stereocenters. The molecule has 0 bridgehead atoms. The summed E-state index contributed by atoms with van der Waals surface area (Å²) in [5.74, 6) is 18.8. The van der Waals surface area contributed by atoms with Crippen LogP contribution in [0.15, 0.2) is 12.2 Å². The van der Waals surface area contributed by atoms with E-state index < -0.39 is 8.32 Å². The first-order valence-corrected chi connectivity index (χ1v) is 14.4. The number of unbranched alkanes of at least 4 members (excludes halogenated alkanes) is 4. The third-order valence-electron chi connectivity index (χ3n) is 5.25. The first-order chi connectivity index (χ1) is 14.6. The van der Waals surface area contributed by atoms with Crippen LogP contribution in [0, 0.1) is 35.5 Å². The Bertz CT molecular complexity index is 724. The SMILES string of the molecule is CCCCCC#CC/C=C/[C@H](C#CCC#CCCCC(=O)OC)O[Si](C)(C)C(C)(C)C. The molecule has 0 amide bonds. The fourth-order valence-corrected chi connectivity index (χ4v) is 3.38. The Hall–Kier alpha value is -1.93. The maximum absolute atomic E-state index is 11.1. The van der Waals surface area contributed by atoms with Gasteiger partial charge in [-0.25, -0.2) is 0 Å². The van der Waals surface area contributed by atoms with Crippen molar-refractivity contribution in [1.82, 2.24) is 0 Å². The maximum Gasteiger partial charge on any atom is 0.305 e. The van der Waals surface area contributed by atoms with Gasteiger partial charge < -0.3 is 9.16 Å². The van der Waals surface area contributed by atoms with Gasteiger partial charge in [0.05, 0.1) is 13.5 Å². The van der Waals surface area contributed by atoms with E-state index in [1.54, 1.807) is 0 Å². The Kier molecular flexibility index (Phi) is 15.7. The van der Waals surface area contributed by atoms with Crippen LogP contribution in [0.25, 0.3) is 0 Å². The van der Waals surface area contributed by atoms with Gasteiger partial charge in [0.1, 0.15) is 6.10 Å². The lowest BCUT2D eigenvalue weighted by atomic mass is 10.2. The van der Waals surface area contributed by atoms with Crippen molar-refractivity contribution < 1.29 is 14.0 Å². The lowest BCUT2D eigenvalue weighted by Gasteiger charge is -2.37. The Balaban J connectivity index is 4.82. The molecule has 0 aromatic carbocycles. The van der Waals surface area contributed by atoms with Gasteiger partial charge in [0.25, 0.3) is 0 Å². The van der Waals surface area contributed by atoms with Crippen LogP contribution in [0.1, 0.15) is 85.5 Å². The molecule has 31 heavy (non-hydrogen) atoms. The molecule has 0 aromatic rings. The third-order valence-corrected chi connectivity index (χ3v) is 9.70.